The Bertz CT molecular complexity index is 707. The van der Waals surface area contributed by atoms with E-state index in [2.05, 4.69) is 0 Å². The van der Waals surface area contributed by atoms with Crippen LogP contribution >= 0.6 is 0 Å². The minimum Gasteiger partial charge on any atom is -0.399 e. The molecule has 0 radical (unpaired) electrons. The van der Waals surface area contributed by atoms with Gasteiger partial charge in [-0.3, -0.25) is 4.79 Å². The summed E-state index contributed by atoms with van der Waals surface area (Å²) in [4.78, 5) is 11.6. The van der Waals surface area contributed by atoms with Crippen molar-refractivity contribution in [2.75, 3.05) is 0 Å². The highest BCUT2D eigenvalue weighted by molar-refractivity contribution is 6.63. The Morgan fingerprint density at radius 1 is 0.870 bits per heavy atom. The van der Waals surface area contributed by atoms with Crippen molar-refractivity contribution < 1.29 is 14.1 Å². The summed E-state index contributed by atoms with van der Waals surface area (Å²) < 4.78 is 12.1. The third kappa shape index (κ3) is 2.84. The van der Waals surface area contributed by atoms with Gasteiger partial charge < -0.3 is 9.31 Å². The van der Waals surface area contributed by atoms with Crippen molar-refractivity contribution in [3.63, 3.8) is 0 Å². The number of carbonyl (C=O) groups excluding carboxylic acids is 1. The molecule has 1 aliphatic heterocycles. The first kappa shape index (κ1) is 16.0. The quantitative estimate of drug-likeness (QED) is 0.643. The highest BCUT2D eigenvalue weighted by Crippen LogP contribution is 2.36. The first-order valence-corrected chi connectivity index (χ1v) is 7.84. The molecule has 4 heteroatoms. The van der Waals surface area contributed by atoms with E-state index in [-0.39, 0.29) is 0 Å². The van der Waals surface area contributed by atoms with Crippen LogP contribution in [0, 0.1) is 0 Å². The van der Waals surface area contributed by atoms with Crippen molar-refractivity contribution in [2.45, 2.75) is 38.9 Å². The summed E-state index contributed by atoms with van der Waals surface area (Å²) in [5.74, 6) is 0. The molecule has 1 fully saturated rings. The second kappa shape index (κ2) is 5.62. The van der Waals surface area contributed by atoms with E-state index in [4.69, 9.17) is 9.31 Å². The fourth-order valence-corrected chi connectivity index (χ4v) is 2.67. The van der Waals surface area contributed by atoms with E-state index in [1.54, 1.807) is 0 Å². The van der Waals surface area contributed by atoms with Crippen LogP contribution in [0.4, 0.5) is 0 Å². The average Bonchev–Trinajstić information content (AvgIpc) is 2.75. The topological polar surface area (TPSA) is 35.5 Å². The minimum atomic E-state index is -0.523. The molecule has 0 amide bonds. The third-order valence-corrected chi connectivity index (χ3v) is 4.83. The Morgan fingerprint density at radius 2 is 1.48 bits per heavy atom. The Kier molecular flexibility index (Phi) is 3.90. The zero-order chi connectivity index (χ0) is 16.7. The molecule has 0 spiro atoms. The lowest BCUT2D eigenvalue weighted by Crippen LogP contribution is -2.41. The van der Waals surface area contributed by atoms with E-state index in [0.29, 0.717) is 5.56 Å². The Morgan fingerprint density at radius 3 is 2.04 bits per heavy atom. The highest BCUT2D eigenvalue weighted by Gasteiger charge is 2.52. The van der Waals surface area contributed by atoms with Crippen LogP contribution < -0.4 is 5.46 Å². The molecule has 118 valence electrons. The molecule has 23 heavy (non-hydrogen) atoms. The maximum Gasteiger partial charge on any atom is 0.495 e. The number of carbonyl (C=O) groups is 1. The minimum absolute atomic E-state index is 0.421. The van der Waals surface area contributed by atoms with E-state index < -0.39 is 18.3 Å². The van der Waals surface area contributed by atoms with E-state index in [1.165, 1.54) is 0 Å². The van der Waals surface area contributed by atoms with Gasteiger partial charge >= 0.3 is 7.12 Å². The molecule has 2 aromatic rings. The molecule has 0 atom stereocenters. The van der Waals surface area contributed by atoms with Crippen molar-refractivity contribution in [1.82, 2.24) is 0 Å². The average molecular weight is 308 g/mol. The Labute approximate surface area is 137 Å². The lowest BCUT2D eigenvalue weighted by atomic mass is 9.75. The largest absolute Gasteiger partial charge is 0.495 e. The maximum absolute atomic E-state index is 11.6. The fraction of sp³-hybridized carbons (Fsp3) is 0.316. The van der Waals surface area contributed by atoms with Crippen molar-refractivity contribution in [3.05, 3.63) is 54.1 Å². The second-order valence-electron chi connectivity index (χ2n) is 6.92. The summed E-state index contributed by atoms with van der Waals surface area (Å²) in [5, 5.41) is 0. The molecule has 0 aliphatic carbocycles. The lowest BCUT2D eigenvalue weighted by Gasteiger charge is -2.32. The van der Waals surface area contributed by atoms with Crippen LogP contribution in [0.15, 0.2) is 48.5 Å². The standard InChI is InChI=1S/C19H21BO3/c1-18(2)19(3,4)23-20(22-18)17-11-10-15(12-16(17)13-21)14-8-6-5-7-9-14/h5-13H,1-4H3. The van der Waals surface area contributed by atoms with Gasteiger partial charge in [-0.05, 0) is 50.4 Å². The van der Waals surface area contributed by atoms with Gasteiger partial charge in [0.15, 0.2) is 0 Å². The Hall–Kier alpha value is -1.91. The normalized spacial score (nSPS) is 18.9. The molecule has 0 saturated carbocycles. The number of rotatable bonds is 3. The summed E-state index contributed by atoms with van der Waals surface area (Å²) >= 11 is 0. The summed E-state index contributed by atoms with van der Waals surface area (Å²) in [7, 11) is -0.523. The molecule has 0 bridgehead atoms. The molecule has 2 aromatic carbocycles. The van der Waals surface area contributed by atoms with Crippen LogP contribution in [0.5, 0.6) is 0 Å². The molecular weight excluding hydrogens is 287 g/mol. The first-order chi connectivity index (χ1) is 10.8. The van der Waals surface area contributed by atoms with Crippen molar-refractivity contribution in [2.24, 2.45) is 0 Å². The molecule has 0 aromatic heterocycles. The monoisotopic (exact) mass is 308 g/mol. The van der Waals surface area contributed by atoms with Gasteiger partial charge in [-0.1, -0.05) is 42.5 Å². The SMILES string of the molecule is CC1(C)OB(c2ccc(-c3ccccc3)cc2C=O)OC1(C)C. The van der Waals surface area contributed by atoms with Gasteiger partial charge in [0.25, 0.3) is 0 Å². The fourth-order valence-electron chi connectivity index (χ4n) is 2.67. The molecule has 1 aliphatic rings. The number of hydrogen-bond acceptors (Lipinski definition) is 3. The van der Waals surface area contributed by atoms with Crippen molar-refractivity contribution in [1.29, 1.82) is 0 Å². The molecule has 3 nitrogen and oxygen atoms in total. The van der Waals surface area contributed by atoms with Gasteiger partial charge in [-0.2, -0.15) is 0 Å². The predicted molar refractivity (Wildman–Crippen MR) is 93.0 cm³/mol. The van der Waals surface area contributed by atoms with Gasteiger partial charge in [0.2, 0.25) is 0 Å². The van der Waals surface area contributed by atoms with Crippen LogP contribution in [-0.2, 0) is 9.31 Å². The molecule has 1 heterocycles. The van der Waals surface area contributed by atoms with E-state index in [9.17, 15) is 4.79 Å². The van der Waals surface area contributed by atoms with E-state index >= 15 is 0 Å². The van der Waals surface area contributed by atoms with Gasteiger partial charge in [0.05, 0.1) is 11.2 Å². The number of hydrogen-bond donors (Lipinski definition) is 0. The Balaban J connectivity index is 1.97. The van der Waals surface area contributed by atoms with Gasteiger partial charge in [-0.25, -0.2) is 0 Å². The number of aldehydes is 1. The second-order valence-corrected chi connectivity index (χ2v) is 6.92. The zero-order valence-electron chi connectivity index (χ0n) is 14.0. The van der Waals surface area contributed by atoms with Crippen molar-refractivity contribution >= 4 is 18.9 Å². The highest BCUT2D eigenvalue weighted by atomic mass is 16.7. The van der Waals surface area contributed by atoms with Crippen LogP contribution in [-0.4, -0.2) is 24.6 Å². The van der Waals surface area contributed by atoms with Crippen LogP contribution in [0.1, 0.15) is 38.1 Å². The zero-order valence-corrected chi connectivity index (χ0v) is 14.0. The van der Waals surface area contributed by atoms with Crippen LogP contribution in [0.3, 0.4) is 0 Å². The molecule has 0 N–H and O–H groups in total. The van der Waals surface area contributed by atoms with Gasteiger partial charge in [0, 0.05) is 5.56 Å². The third-order valence-electron chi connectivity index (χ3n) is 4.83. The first-order valence-electron chi connectivity index (χ1n) is 7.84. The smallest absolute Gasteiger partial charge is 0.399 e. The van der Waals surface area contributed by atoms with Gasteiger partial charge in [-0.15, -0.1) is 0 Å². The summed E-state index contributed by atoms with van der Waals surface area (Å²) in [5.41, 5.74) is 2.62. The van der Waals surface area contributed by atoms with Crippen molar-refractivity contribution in [3.8, 4) is 11.1 Å². The van der Waals surface area contributed by atoms with Crippen LogP contribution in [0.2, 0.25) is 0 Å². The van der Waals surface area contributed by atoms with E-state index in [0.717, 1.165) is 22.9 Å². The van der Waals surface area contributed by atoms with Crippen LogP contribution in [0.25, 0.3) is 11.1 Å². The summed E-state index contributed by atoms with van der Waals surface area (Å²) in [6, 6.07) is 15.8. The number of benzene rings is 2. The predicted octanol–water partition coefficient (Wildman–Crippen LogP) is 3.47. The molecule has 0 unspecified atom stereocenters. The lowest BCUT2D eigenvalue weighted by molar-refractivity contribution is 0.00578. The molecular formula is C19H21BO3. The maximum atomic E-state index is 11.6. The van der Waals surface area contributed by atoms with Gasteiger partial charge in [0.1, 0.15) is 6.29 Å². The summed E-state index contributed by atoms with van der Waals surface area (Å²) in [6.45, 7) is 8.02. The molecule has 1 saturated heterocycles. The summed E-state index contributed by atoms with van der Waals surface area (Å²) in [6.07, 6.45) is 0.868. The molecule has 3 rings (SSSR count). The van der Waals surface area contributed by atoms with E-state index in [1.807, 2.05) is 76.2 Å².